The molecule has 0 aliphatic rings. The summed E-state index contributed by atoms with van der Waals surface area (Å²) in [5.41, 5.74) is 3.76. The molecule has 3 nitrogen and oxygen atoms in total. The number of benzene rings is 8. The molecule has 9 rings (SSSR count). The minimum Gasteiger partial charge on any atom is -0.208 e. The second-order valence-electron chi connectivity index (χ2n) is 11.6. The van der Waals surface area contributed by atoms with Gasteiger partial charge in [0.15, 0.2) is 17.5 Å². The maximum Gasteiger partial charge on any atom is 0.164 e. The molecule has 0 fully saturated rings. The highest BCUT2D eigenvalue weighted by molar-refractivity contribution is 6.05. The second-order valence-corrected chi connectivity index (χ2v) is 11.6. The summed E-state index contributed by atoms with van der Waals surface area (Å²) in [5.74, 6) is 1.23. The molecule has 1 heterocycles. The zero-order valence-corrected chi connectivity index (χ0v) is 26.4. The van der Waals surface area contributed by atoms with E-state index in [0.717, 1.165) is 33.0 Å². The van der Waals surface area contributed by atoms with E-state index in [0.29, 0.717) is 28.6 Å². The molecular weight excluding hydrogens is 607 g/mol. The quantitative estimate of drug-likeness (QED) is 0.180. The molecule has 0 saturated carbocycles. The minimum atomic E-state index is -0.676. The van der Waals surface area contributed by atoms with Crippen molar-refractivity contribution in [1.82, 2.24) is 15.0 Å². The Hall–Kier alpha value is -6.71. The number of hydrogen-bond acceptors (Lipinski definition) is 3. The van der Waals surface area contributed by atoms with Gasteiger partial charge in [-0.25, -0.2) is 15.0 Å². The molecule has 0 amide bonds. The largest absolute Gasteiger partial charge is 0.208 e. The van der Waals surface area contributed by atoms with Gasteiger partial charge in [0.05, 0.1) is 15.1 Å². The van der Waals surface area contributed by atoms with Gasteiger partial charge in [-0.15, -0.1) is 0 Å². The van der Waals surface area contributed by atoms with Gasteiger partial charge in [0.25, 0.3) is 0 Å². The highest BCUT2D eigenvalue weighted by atomic mass is 15.0. The molecule has 8 aromatic carbocycles. The zero-order valence-electron chi connectivity index (χ0n) is 37.4. The van der Waals surface area contributed by atoms with Crippen molar-refractivity contribution in [3.05, 3.63) is 188 Å². The number of aromatic nitrogens is 3. The standard InChI is InChI=1S/C47H31N3/c1-4-14-32(15-5-1)40-28-29-41(43-23-13-12-22-42(40)43)34-24-26-36(27-25-34)46-48-45(35-18-8-3-9-19-35)49-47(50-46)38-30-37-20-10-11-21-39(37)44(31-38)33-16-6-2-7-17-33/h1-31H/i1D,4D,5D,12D,13D,14D,15D,22D,23D,28D,29D. The highest BCUT2D eigenvalue weighted by Crippen LogP contribution is 2.37. The summed E-state index contributed by atoms with van der Waals surface area (Å²) in [6.45, 7) is 0. The fraction of sp³-hybridized carbons (Fsp3) is 0. The van der Waals surface area contributed by atoms with Gasteiger partial charge in [-0.05, 0) is 67.1 Å². The molecule has 0 aliphatic carbocycles. The summed E-state index contributed by atoms with van der Waals surface area (Å²) in [6, 6.07) is 32.0. The van der Waals surface area contributed by atoms with Crippen LogP contribution in [0.4, 0.5) is 0 Å². The van der Waals surface area contributed by atoms with Crippen molar-refractivity contribution in [3.63, 3.8) is 0 Å². The SMILES string of the molecule is [2H]c1c([2H])c([2H])c(-c2c([2H])c([2H])c(-c3ccc(-c4nc(-c5ccccc5)nc(-c5cc(-c6ccccc6)c6ccccc6c5)n4)cc3)c3c([2H])c([2H])c([2H])c([2H])c23)c([2H])c1[2H]. The Bertz CT molecular complexity index is 3220. The number of hydrogen-bond donors (Lipinski definition) is 0. The summed E-state index contributed by atoms with van der Waals surface area (Å²) >= 11 is 0. The summed E-state index contributed by atoms with van der Waals surface area (Å²) in [7, 11) is 0. The average Bonchev–Trinajstić information content (AvgIpc) is 3.30. The van der Waals surface area contributed by atoms with Crippen LogP contribution in [0.25, 0.3) is 89.1 Å². The molecule has 0 unspecified atom stereocenters. The van der Waals surface area contributed by atoms with E-state index in [1.54, 1.807) is 24.3 Å². The lowest BCUT2D eigenvalue weighted by molar-refractivity contribution is 1.07. The van der Waals surface area contributed by atoms with E-state index < -0.39 is 72.0 Å². The van der Waals surface area contributed by atoms with Crippen LogP contribution in [0.5, 0.6) is 0 Å². The van der Waals surface area contributed by atoms with E-state index >= 15 is 0 Å². The summed E-state index contributed by atoms with van der Waals surface area (Å²) in [4.78, 5) is 14.8. The van der Waals surface area contributed by atoms with Gasteiger partial charge in [0.1, 0.15) is 0 Å². The molecule has 0 radical (unpaired) electrons. The van der Waals surface area contributed by atoms with Crippen LogP contribution >= 0.6 is 0 Å². The Morgan fingerprint density at radius 3 is 1.46 bits per heavy atom. The number of rotatable bonds is 6. The van der Waals surface area contributed by atoms with Crippen molar-refractivity contribution >= 4 is 21.5 Å². The van der Waals surface area contributed by atoms with Crippen LogP contribution in [0.1, 0.15) is 15.1 Å². The Morgan fingerprint density at radius 2 is 0.800 bits per heavy atom. The first-order valence-electron chi connectivity index (χ1n) is 21.5. The van der Waals surface area contributed by atoms with Gasteiger partial charge in [-0.1, -0.05) is 176 Å². The molecule has 0 spiro atoms. The number of nitrogens with zero attached hydrogens (tertiary/aromatic N) is 3. The van der Waals surface area contributed by atoms with E-state index in [1.807, 2.05) is 72.8 Å². The summed E-state index contributed by atoms with van der Waals surface area (Å²) in [6.07, 6.45) is 0. The Kier molecular flexibility index (Phi) is 5.08. The van der Waals surface area contributed by atoms with E-state index in [-0.39, 0.29) is 21.9 Å². The first kappa shape index (κ1) is 20.0. The second kappa shape index (κ2) is 12.7. The van der Waals surface area contributed by atoms with Crippen LogP contribution in [0.3, 0.4) is 0 Å². The third-order valence-electron chi connectivity index (χ3n) is 8.55. The normalized spacial score (nSPS) is 14.3. The molecule has 1 aromatic heterocycles. The zero-order chi connectivity index (χ0) is 42.9. The van der Waals surface area contributed by atoms with Crippen LogP contribution in [-0.2, 0) is 0 Å². The molecule has 0 aliphatic heterocycles. The van der Waals surface area contributed by atoms with Crippen molar-refractivity contribution in [2.24, 2.45) is 0 Å². The van der Waals surface area contributed by atoms with Gasteiger partial charge >= 0.3 is 0 Å². The van der Waals surface area contributed by atoms with Crippen molar-refractivity contribution in [2.45, 2.75) is 0 Å². The monoisotopic (exact) mass is 648 g/mol. The van der Waals surface area contributed by atoms with Crippen LogP contribution < -0.4 is 0 Å². The molecule has 0 bridgehead atoms. The summed E-state index contributed by atoms with van der Waals surface area (Å²) < 4.78 is 95.5. The van der Waals surface area contributed by atoms with Gasteiger partial charge in [-0.3, -0.25) is 0 Å². The fourth-order valence-corrected chi connectivity index (χ4v) is 6.15. The minimum absolute atomic E-state index is 0.0144. The Labute approximate surface area is 306 Å². The van der Waals surface area contributed by atoms with Gasteiger partial charge < -0.3 is 0 Å². The lowest BCUT2D eigenvalue weighted by Crippen LogP contribution is -2.00. The molecular formula is C47H31N3. The highest BCUT2D eigenvalue weighted by Gasteiger charge is 2.16. The van der Waals surface area contributed by atoms with Crippen molar-refractivity contribution in [2.75, 3.05) is 0 Å². The average molecular weight is 649 g/mol. The maximum atomic E-state index is 9.26. The van der Waals surface area contributed by atoms with Crippen molar-refractivity contribution in [3.8, 4) is 67.5 Å². The van der Waals surface area contributed by atoms with Crippen LogP contribution in [-0.4, -0.2) is 15.0 Å². The lowest BCUT2D eigenvalue weighted by Gasteiger charge is -2.13. The smallest absolute Gasteiger partial charge is 0.164 e. The predicted octanol–water partition coefficient (Wildman–Crippen LogP) is 12.2. The van der Waals surface area contributed by atoms with Crippen LogP contribution in [0, 0.1) is 0 Å². The van der Waals surface area contributed by atoms with E-state index in [2.05, 4.69) is 24.3 Å². The van der Waals surface area contributed by atoms with E-state index in [4.69, 9.17) is 27.3 Å². The summed E-state index contributed by atoms with van der Waals surface area (Å²) in [5, 5.41) is 1.73. The van der Waals surface area contributed by atoms with E-state index in [9.17, 15) is 2.74 Å². The molecule has 234 valence electrons. The third-order valence-corrected chi connectivity index (χ3v) is 8.55. The maximum absolute atomic E-state index is 9.26. The Morgan fingerprint density at radius 1 is 0.320 bits per heavy atom. The van der Waals surface area contributed by atoms with Gasteiger partial charge in [0.2, 0.25) is 0 Å². The Balaban J connectivity index is 1.24. The van der Waals surface area contributed by atoms with Crippen LogP contribution in [0.2, 0.25) is 0 Å². The first-order valence-corrected chi connectivity index (χ1v) is 16.0. The number of fused-ring (bicyclic) bond motifs is 2. The van der Waals surface area contributed by atoms with Crippen molar-refractivity contribution < 1.29 is 15.1 Å². The molecule has 9 aromatic rings. The molecule has 3 heteroatoms. The van der Waals surface area contributed by atoms with Gasteiger partial charge in [-0.2, -0.15) is 0 Å². The molecule has 0 saturated heterocycles. The third kappa shape index (κ3) is 5.51. The van der Waals surface area contributed by atoms with Crippen molar-refractivity contribution in [1.29, 1.82) is 0 Å². The topological polar surface area (TPSA) is 38.7 Å². The van der Waals surface area contributed by atoms with Gasteiger partial charge in [0, 0.05) is 16.7 Å². The van der Waals surface area contributed by atoms with Crippen LogP contribution in [0.15, 0.2) is 188 Å². The first-order chi connectivity index (χ1) is 29.3. The van der Waals surface area contributed by atoms with E-state index in [1.165, 1.54) is 0 Å². The fourth-order valence-electron chi connectivity index (χ4n) is 6.15. The lowest BCUT2D eigenvalue weighted by atomic mass is 9.92. The predicted molar refractivity (Wildman–Crippen MR) is 207 cm³/mol. The molecule has 0 atom stereocenters. The molecule has 0 N–H and O–H groups in total. The molecule has 50 heavy (non-hydrogen) atoms.